The first-order valence-corrected chi connectivity index (χ1v) is 12.0. The van der Waals surface area contributed by atoms with Crippen molar-refractivity contribution in [3.8, 4) is 28.4 Å². The van der Waals surface area contributed by atoms with E-state index in [0.29, 0.717) is 19.0 Å². The van der Waals surface area contributed by atoms with Gasteiger partial charge in [-0.3, -0.25) is 14.3 Å². The molecule has 0 saturated carbocycles. The van der Waals surface area contributed by atoms with Crippen LogP contribution < -0.4 is 11.3 Å². The molecule has 1 unspecified atom stereocenters. The van der Waals surface area contributed by atoms with Gasteiger partial charge in [-0.2, -0.15) is 0 Å². The second-order valence-electron chi connectivity index (χ2n) is 8.12. The van der Waals surface area contributed by atoms with Crippen molar-refractivity contribution in [3.05, 3.63) is 75.9 Å². The molecule has 0 bridgehead atoms. The molecule has 1 saturated heterocycles. The minimum absolute atomic E-state index is 0.107. The molecular formula is C24H24N8OS. The summed E-state index contributed by atoms with van der Waals surface area (Å²) in [5.74, 6) is 7.19. The maximum Gasteiger partial charge on any atom is 0.251 e. The molecule has 3 N–H and O–H groups in total. The lowest BCUT2D eigenvalue weighted by Gasteiger charge is -2.31. The highest BCUT2D eigenvalue weighted by molar-refractivity contribution is 7.13. The number of hydrogen-bond acceptors (Lipinski definition) is 8. The normalized spacial score (nSPS) is 16.2. The van der Waals surface area contributed by atoms with E-state index in [1.54, 1.807) is 40.7 Å². The molecule has 1 atom stereocenters. The molecule has 0 amide bonds. The first-order chi connectivity index (χ1) is 16.7. The quantitative estimate of drug-likeness (QED) is 0.427. The van der Waals surface area contributed by atoms with Crippen LogP contribution in [0.25, 0.3) is 16.5 Å². The van der Waals surface area contributed by atoms with Gasteiger partial charge in [0.25, 0.3) is 5.56 Å². The number of likely N-dealkylation sites (tertiary alicyclic amines) is 1. The Morgan fingerprint density at radius 2 is 2.15 bits per heavy atom. The monoisotopic (exact) mass is 472 g/mol. The molecule has 0 spiro atoms. The van der Waals surface area contributed by atoms with Crippen LogP contribution in [-0.2, 0) is 6.54 Å². The maximum atomic E-state index is 12.3. The fraction of sp³-hybridized carbons (Fsp3) is 0.292. The summed E-state index contributed by atoms with van der Waals surface area (Å²) in [6.45, 7) is 2.80. The van der Waals surface area contributed by atoms with Crippen molar-refractivity contribution in [1.29, 1.82) is 0 Å². The molecule has 0 radical (unpaired) electrons. The molecule has 1 aliphatic rings. The van der Waals surface area contributed by atoms with Crippen LogP contribution in [0.15, 0.2) is 53.3 Å². The van der Waals surface area contributed by atoms with E-state index in [-0.39, 0.29) is 11.5 Å². The summed E-state index contributed by atoms with van der Waals surface area (Å²) < 4.78 is 1.81. The van der Waals surface area contributed by atoms with Gasteiger partial charge in [0.05, 0.1) is 28.4 Å². The molecule has 10 heteroatoms. The van der Waals surface area contributed by atoms with Crippen LogP contribution in [0.1, 0.15) is 35.8 Å². The van der Waals surface area contributed by atoms with Crippen LogP contribution in [-0.4, -0.2) is 54.0 Å². The zero-order chi connectivity index (χ0) is 23.3. The van der Waals surface area contributed by atoms with Crippen molar-refractivity contribution < 1.29 is 0 Å². The number of nitrogens with one attached hydrogen (secondary N) is 1. The van der Waals surface area contributed by atoms with Gasteiger partial charge in [0, 0.05) is 43.7 Å². The Morgan fingerprint density at radius 3 is 2.94 bits per heavy atom. The SMILES string of the molecule is NCC#Cc1cnc(-n2cnc(CN3CCCC(c4nc(-c5cccs5)cc(=O)[nH]4)C3)c2)nc1. The number of piperidine rings is 1. The van der Waals surface area contributed by atoms with E-state index in [9.17, 15) is 4.79 Å². The summed E-state index contributed by atoms with van der Waals surface area (Å²) in [4.78, 5) is 36.7. The summed E-state index contributed by atoms with van der Waals surface area (Å²) in [6.07, 6.45) is 9.06. The summed E-state index contributed by atoms with van der Waals surface area (Å²) in [6, 6.07) is 5.53. The predicted molar refractivity (Wildman–Crippen MR) is 131 cm³/mol. The van der Waals surface area contributed by atoms with Crippen LogP contribution in [0.4, 0.5) is 0 Å². The Labute approximate surface area is 200 Å². The van der Waals surface area contributed by atoms with Gasteiger partial charge in [-0.15, -0.1) is 11.3 Å². The van der Waals surface area contributed by atoms with Crippen LogP contribution >= 0.6 is 11.3 Å². The first kappa shape index (κ1) is 22.2. The zero-order valence-electron chi connectivity index (χ0n) is 18.5. The minimum atomic E-state index is -0.107. The summed E-state index contributed by atoms with van der Waals surface area (Å²) in [7, 11) is 0. The van der Waals surface area contributed by atoms with Crippen LogP contribution in [0.5, 0.6) is 0 Å². The molecule has 172 valence electrons. The van der Waals surface area contributed by atoms with E-state index in [1.165, 1.54) is 0 Å². The number of rotatable bonds is 5. The molecule has 5 rings (SSSR count). The third-order valence-corrected chi connectivity index (χ3v) is 6.54. The highest BCUT2D eigenvalue weighted by atomic mass is 32.1. The number of aromatic amines is 1. The Balaban J connectivity index is 1.27. The molecule has 34 heavy (non-hydrogen) atoms. The maximum absolute atomic E-state index is 12.3. The van der Waals surface area contributed by atoms with Gasteiger partial charge in [-0.1, -0.05) is 17.9 Å². The molecule has 0 aliphatic carbocycles. The van der Waals surface area contributed by atoms with Gasteiger partial charge < -0.3 is 10.7 Å². The number of H-pyrrole nitrogens is 1. The molecular weight excluding hydrogens is 448 g/mol. The first-order valence-electron chi connectivity index (χ1n) is 11.1. The molecule has 1 fully saturated rings. The van der Waals surface area contributed by atoms with Gasteiger partial charge in [-0.25, -0.2) is 19.9 Å². The van der Waals surface area contributed by atoms with Gasteiger partial charge in [0.15, 0.2) is 0 Å². The summed E-state index contributed by atoms with van der Waals surface area (Å²) in [5, 5.41) is 1.99. The van der Waals surface area contributed by atoms with Crippen molar-refractivity contribution >= 4 is 11.3 Å². The number of aromatic nitrogens is 6. The van der Waals surface area contributed by atoms with E-state index >= 15 is 0 Å². The lowest BCUT2D eigenvalue weighted by Crippen LogP contribution is -2.35. The second kappa shape index (κ2) is 10.1. The van der Waals surface area contributed by atoms with Gasteiger partial charge in [-0.05, 0) is 30.8 Å². The average molecular weight is 473 g/mol. The van der Waals surface area contributed by atoms with E-state index in [4.69, 9.17) is 10.7 Å². The molecule has 4 aromatic heterocycles. The number of hydrogen-bond donors (Lipinski definition) is 2. The van der Waals surface area contributed by atoms with E-state index in [2.05, 4.69) is 36.7 Å². The van der Waals surface area contributed by atoms with Crippen LogP contribution in [0.2, 0.25) is 0 Å². The highest BCUT2D eigenvalue weighted by Gasteiger charge is 2.24. The Morgan fingerprint density at radius 1 is 1.26 bits per heavy atom. The number of imidazole rings is 1. The standard InChI is InChI=1S/C24H24N8OS/c25-7-1-4-17-11-26-24(27-12-17)32-15-19(28-16-32)14-31-8-2-5-18(13-31)23-29-20(10-22(33)30-23)21-6-3-9-34-21/h3,6,9-12,15-16,18H,2,5,7-8,13-14,25H2,(H,29,30,33). The Bertz CT molecular complexity index is 1360. The van der Waals surface area contributed by atoms with Crippen LogP contribution in [0, 0.1) is 11.8 Å². The molecule has 1 aliphatic heterocycles. The summed E-state index contributed by atoms with van der Waals surface area (Å²) >= 11 is 1.59. The van der Waals surface area contributed by atoms with E-state index < -0.39 is 0 Å². The molecule has 5 heterocycles. The molecule has 4 aromatic rings. The van der Waals surface area contributed by atoms with Crippen molar-refractivity contribution in [2.24, 2.45) is 5.73 Å². The van der Waals surface area contributed by atoms with Crippen LogP contribution in [0.3, 0.4) is 0 Å². The predicted octanol–water partition coefficient (Wildman–Crippen LogP) is 2.16. The Kier molecular flexibility index (Phi) is 6.58. The summed E-state index contributed by atoms with van der Waals surface area (Å²) in [5.41, 5.74) is 7.70. The lowest BCUT2D eigenvalue weighted by molar-refractivity contribution is 0.194. The van der Waals surface area contributed by atoms with Crippen molar-refractivity contribution in [3.63, 3.8) is 0 Å². The zero-order valence-corrected chi connectivity index (χ0v) is 19.3. The van der Waals surface area contributed by atoms with Gasteiger partial charge >= 0.3 is 0 Å². The van der Waals surface area contributed by atoms with Crippen molar-refractivity contribution in [1.82, 2.24) is 34.4 Å². The number of thiophene rings is 1. The van der Waals surface area contributed by atoms with E-state index in [1.807, 2.05) is 23.7 Å². The average Bonchev–Trinajstić information content (AvgIpc) is 3.56. The second-order valence-corrected chi connectivity index (χ2v) is 9.07. The Hall–Kier alpha value is -3.65. The van der Waals surface area contributed by atoms with E-state index in [0.717, 1.165) is 53.6 Å². The fourth-order valence-electron chi connectivity index (χ4n) is 4.10. The molecule has 0 aromatic carbocycles. The highest BCUT2D eigenvalue weighted by Crippen LogP contribution is 2.27. The third-order valence-electron chi connectivity index (χ3n) is 5.65. The lowest BCUT2D eigenvalue weighted by atomic mass is 9.97. The number of nitrogens with two attached hydrogens (primary N) is 1. The third kappa shape index (κ3) is 5.12. The topological polar surface area (TPSA) is 119 Å². The minimum Gasteiger partial charge on any atom is -0.320 e. The molecule has 9 nitrogen and oxygen atoms in total. The fourth-order valence-corrected chi connectivity index (χ4v) is 4.78. The van der Waals surface area contributed by atoms with Gasteiger partial charge in [0.2, 0.25) is 5.95 Å². The smallest absolute Gasteiger partial charge is 0.251 e. The largest absolute Gasteiger partial charge is 0.320 e. The van der Waals surface area contributed by atoms with Crippen molar-refractivity contribution in [2.45, 2.75) is 25.3 Å². The van der Waals surface area contributed by atoms with Crippen molar-refractivity contribution in [2.75, 3.05) is 19.6 Å². The van der Waals surface area contributed by atoms with Gasteiger partial charge in [0.1, 0.15) is 12.2 Å². The number of nitrogens with zero attached hydrogens (tertiary/aromatic N) is 6.